The van der Waals surface area contributed by atoms with Gasteiger partial charge in [0.15, 0.2) is 5.82 Å². The predicted molar refractivity (Wildman–Crippen MR) is 114 cm³/mol. The van der Waals surface area contributed by atoms with Gasteiger partial charge in [0.1, 0.15) is 11.8 Å². The van der Waals surface area contributed by atoms with E-state index < -0.39 is 0 Å². The summed E-state index contributed by atoms with van der Waals surface area (Å²) in [5.74, 6) is 1.04. The van der Waals surface area contributed by atoms with Gasteiger partial charge in [-0.1, -0.05) is 48.0 Å². The molecule has 1 saturated heterocycles. The predicted octanol–water partition coefficient (Wildman–Crippen LogP) is 4.87. The fraction of sp³-hybridized carbons (Fsp3) is 0.348. The molecule has 2 aromatic carbocycles. The first kappa shape index (κ1) is 18.4. The number of fused-ring (bicyclic) bond motifs is 1. The Bertz CT molecular complexity index is 1040. The fourth-order valence-electron chi connectivity index (χ4n) is 3.91. The average Bonchev–Trinajstić information content (AvgIpc) is 3.60. The van der Waals surface area contributed by atoms with Crippen LogP contribution in [-0.4, -0.2) is 35.4 Å². The van der Waals surface area contributed by atoms with E-state index in [1.807, 2.05) is 36.4 Å². The summed E-state index contributed by atoms with van der Waals surface area (Å²) in [6.45, 7) is 1.61. The van der Waals surface area contributed by atoms with Crippen LogP contribution in [0.3, 0.4) is 0 Å². The minimum atomic E-state index is -0.0130. The highest BCUT2D eigenvalue weighted by atomic mass is 35.5. The zero-order valence-corrected chi connectivity index (χ0v) is 16.8. The lowest BCUT2D eigenvalue weighted by Gasteiger charge is -2.33. The number of halogens is 1. The summed E-state index contributed by atoms with van der Waals surface area (Å²) in [4.78, 5) is 14.2. The van der Waals surface area contributed by atoms with Gasteiger partial charge in [0, 0.05) is 47.3 Å². The van der Waals surface area contributed by atoms with Gasteiger partial charge >= 0.3 is 5.97 Å². The Balaban J connectivity index is 1.39. The molecule has 1 saturated carbocycles. The van der Waals surface area contributed by atoms with E-state index in [4.69, 9.17) is 16.3 Å². The third-order valence-electron chi connectivity index (χ3n) is 5.72. The molecular weight excluding hydrogens is 386 g/mol. The van der Waals surface area contributed by atoms with Crippen LogP contribution >= 0.6 is 11.6 Å². The van der Waals surface area contributed by atoms with Crippen LogP contribution in [-0.2, 0) is 9.53 Å². The molecule has 0 radical (unpaired) electrons. The molecule has 29 heavy (non-hydrogen) atoms. The van der Waals surface area contributed by atoms with E-state index >= 15 is 0 Å². The van der Waals surface area contributed by atoms with Crippen molar-refractivity contribution in [2.45, 2.75) is 31.8 Å². The molecule has 5 rings (SSSR count). The molecule has 0 unspecified atom stereocenters. The summed E-state index contributed by atoms with van der Waals surface area (Å²) >= 11 is 6.03. The molecule has 1 aliphatic heterocycles. The summed E-state index contributed by atoms with van der Waals surface area (Å²) < 4.78 is 5.66. The van der Waals surface area contributed by atoms with Crippen LogP contribution in [0.2, 0.25) is 5.02 Å². The van der Waals surface area contributed by atoms with Crippen molar-refractivity contribution in [1.29, 1.82) is 0 Å². The molecule has 0 amide bonds. The normalized spacial score (nSPS) is 17.5. The highest BCUT2D eigenvalue weighted by molar-refractivity contribution is 6.30. The Morgan fingerprint density at radius 3 is 2.31 bits per heavy atom. The van der Waals surface area contributed by atoms with E-state index in [1.54, 1.807) is 0 Å². The number of rotatable bonds is 4. The molecule has 2 heterocycles. The topological polar surface area (TPSA) is 55.3 Å². The smallest absolute Gasteiger partial charge is 0.309 e. The minimum Gasteiger partial charge on any atom is -0.462 e. The standard InChI is InChI=1S/C23H22ClN3O2/c24-17-9-7-15(8-10-17)21-19-3-1-2-4-20(19)22(26-25-21)27-13-11-18(12-14-27)29-23(28)16-5-6-16/h1-4,7-10,16,18H,5-6,11-14H2. The number of anilines is 1. The van der Waals surface area contributed by atoms with Crippen LogP contribution < -0.4 is 4.90 Å². The molecule has 3 aromatic rings. The molecule has 1 aliphatic carbocycles. The first-order chi connectivity index (χ1) is 14.2. The van der Waals surface area contributed by atoms with Crippen molar-refractivity contribution in [2.24, 2.45) is 5.92 Å². The molecule has 0 N–H and O–H groups in total. The van der Waals surface area contributed by atoms with Gasteiger partial charge < -0.3 is 9.64 Å². The third-order valence-corrected chi connectivity index (χ3v) is 5.97. The number of aromatic nitrogens is 2. The lowest BCUT2D eigenvalue weighted by atomic mass is 10.0. The lowest BCUT2D eigenvalue weighted by molar-refractivity contribution is -0.151. The molecule has 1 aromatic heterocycles. The Kier molecular flexibility index (Phi) is 4.84. The summed E-state index contributed by atoms with van der Waals surface area (Å²) in [5, 5.41) is 12.0. The number of esters is 1. The summed E-state index contributed by atoms with van der Waals surface area (Å²) in [7, 11) is 0. The van der Waals surface area contributed by atoms with Crippen LogP contribution in [0.1, 0.15) is 25.7 Å². The van der Waals surface area contributed by atoms with Gasteiger partial charge in [-0.15, -0.1) is 10.2 Å². The maximum Gasteiger partial charge on any atom is 0.309 e. The van der Waals surface area contributed by atoms with Crippen LogP contribution in [0.4, 0.5) is 5.82 Å². The van der Waals surface area contributed by atoms with Gasteiger partial charge in [0.25, 0.3) is 0 Å². The van der Waals surface area contributed by atoms with E-state index in [1.165, 1.54) is 0 Å². The van der Waals surface area contributed by atoms with E-state index in [9.17, 15) is 4.79 Å². The van der Waals surface area contributed by atoms with Crippen molar-refractivity contribution in [3.8, 4) is 11.3 Å². The van der Waals surface area contributed by atoms with Gasteiger partial charge in [-0.25, -0.2) is 0 Å². The first-order valence-electron chi connectivity index (χ1n) is 10.2. The molecule has 6 heteroatoms. The number of carbonyl (C=O) groups is 1. The molecule has 2 fully saturated rings. The van der Waals surface area contributed by atoms with Crippen molar-refractivity contribution >= 4 is 34.2 Å². The van der Waals surface area contributed by atoms with Crippen molar-refractivity contribution in [2.75, 3.05) is 18.0 Å². The number of benzene rings is 2. The maximum atomic E-state index is 11.9. The Morgan fingerprint density at radius 2 is 1.62 bits per heavy atom. The van der Waals surface area contributed by atoms with Gasteiger partial charge in [0.05, 0.1) is 5.92 Å². The molecule has 5 nitrogen and oxygen atoms in total. The molecule has 2 aliphatic rings. The number of hydrogen-bond acceptors (Lipinski definition) is 5. The van der Waals surface area contributed by atoms with Crippen molar-refractivity contribution in [3.63, 3.8) is 0 Å². The summed E-state index contributed by atoms with van der Waals surface area (Å²) in [6, 6.07) is 15.9. The average molecular weight is 408 g/mol. The quantitative estimate of drug-likeness (QED) is 0.577. The van der Waals surface area contributed by atoms with E-state index in [0.717, 1.165) is 66.6 Å². The first-order valence-corrected chi connectivity index (χ1v) is 10.5. The van der Waals surface area contributed by atoms with Crippen LogP contribution in [0.15, 0.2) is 48.5 Å². The van der Waals surface area contributed by atoms with Crippen LogP contribution in [0.5, 0.6) is 0 Å². The molecular formula is C23H22ClN3O2. The van der Waals surface area contributed by atoms with Gasteiger partial charge in [0.2, 0.25) is 0 Å². The summed E-state index contributed by atoms with van der Waals surface area (Å²) in [6.07, 6.45) is 3.64. The van der Waals surface area contributed by atoms with Crippen molar-refractivity contribution in [3.05, 3.63) is 53.6 Å². The number of nitrogens with zero attached hydrogens (tertiary/aromatic N) is 3. The molecule has 0 spiro atoms. The lowest BCUT2D eigenvalue weighted by Crippen LogP contribution is -2.38. The number of piperidine rings is 1. The number of hydrogen-bond donors (Lipinski definition) is 0. The Hall–Kier alpha value is -2.66. The van der Waals surface area contributed by atoms with Crippen LogP contribution in [0.25, 0.3) is 22.0 Å². The van der Waals surface area contributed by atoms with Gasteiger partial charge in [-0.2, -0.15) is 0 Å². The monoisotopic (exact) mass is 407 g/mol. The second kappa shape index (κ2) is 7.64. The largest absolute Gasteiger partial charge is 0.462 e. The third kappa shape index (κ3) is 3.79. The Labute approximate surface area is 174 Å². The van der Waals surface area contributed by atoms with Gasteiger partial charge in [-0.3, -0.25) is 4.79 Å². The zero-order chi connectivity index (χ0) is 19.8. The fourth-order valence-corrected chi connectivity index (χ4v) is 4.04. The molecule has 148 valence electrons. The highest BCUT2D eigenvalue weighted by Crippen LogP contribution is 2.34. The maximum absolute atomic E-state index is 11.9. The molecule has 0 atom stereocenters. The number of carbonyl (C=O) groups excluding carboxylic acids is 1. The van der Waals surface area contributed by atoms with Crippen molar-refractivity contribution in [1.82, 2.24) is 10.2 Å². The van der Waals surface area contributed by atoms with E-state index in [2.05, 4.69) is 27.2 Å². The highest BCUT2D eigenvalue weighted by Gasteiger charge is 2.34. The number of ether oxygens (including phenoxy) is 1. The molecule has 0 bridgehead atoms. The zero-order valence-electron chi connectivity index (χ0n) is 16.1. The Morgan fingerprint density at radius 1 is 0.931 bits per heavy atom. The second-order valence-electron chi connectivity index (χ2n) is 7.82. The van der Waals surface area contributed by atoms with E-state index in [0.29, 0.717) is 5.02 Å². The van der Waals surface area contributed by atoms with Crippen molar-refractivity contribution < 1.29 is 9.53 Å². The van der Waals surface area contributed by atoms with Gasteiger partial charge in [-0.05, 0) is 25.0 Å². The SMILES string of the molecule is O=C(OC1CCN(c2nnc(-c3ccc(Cl)cc3)c3ccccc23)CC1)C1CC1. The van der Waals surface area contributed by atoms with Crippen LogP contribution in [0, 0.1) is 5.92 Å². The van der Waals surface area contributed by atoms with E-state index in [-0.39, 0.29) is 18.0 Å². The summed E-state index contributed by atoms with van der Waals surface area (Å²) in [5.41, 5.74) is 1.85. The second-order valence-corrected chi connectivity index (χ2v) is 8.26. The minimum absolute atomic E-state index is 0.0130.